The summed E-state index contributed by atoms with van der Waals surface area (Å²) in [6.07, 6.45) is 5.48. The molecule has 3 heterocycles. The maximum Gasteiger partial charge on any atom is 3.00 e. The summed E-state index contributed by atoms with van der Waals surface area (Å²) in [5, 5.41) is 4.95. The second-order valence-electron chi connectivity index (χ2n) is 11.9. The molecular formula is C48H34IrN3. The fraction of sp³-hybridized carbons (Fsp3) is 0.0208. The Kier molecular flexibility index (Phi) is 12.2. The first-order valence-electron chi connectivity index (χ1n) is 16.8. The second kappa shape index (κ2) is 17.7. The van der Waals surface area contributed by atoms with Gasteiger partial charge in [0.15, 0.2) is 0 Å². The van der Waals surface area contributed by atoms with E-state index in [1.165, 1.54) is 38.2 Å². The normalized spacial score (nSPS) is 10.2. The summed E-state index contributed by atoms with van der Waals surface area (Å²) in [4.78, 5) is 13.2. The predicted molar refractivity (Wildman–Crippen MR) is 211 cm³/mol. The van der Waals surface area contributed by atoms with Crippen molar-refractivity contribution in [3.63, 3.8) is 0 Å². The third-order valence-corrected chi connectivity index (χ3v) is 8.38. The van der Waals surface area contributed by atoms with E-state index in [1.54, 1.807) is 12.4 Å². The summed E-state index contributed by atoms with van der Waals surface area (Å²) in [7, 11) is 0. The van der Waals surface area contributed by atoms with Crippen LogP contribution in [-0.4, -0.2) is 15.0 Å². The topological polar surface area (TPSA) is 38.7 Å². The van der Waals surface area contributed by atoms with E-state index in [0.29, 0.717) is 0 Å². The smallest absolute Gasteiger partial charge is 0.305 e. The zero-order chi connectivity index (χ0) is 34.7. The maximum atomic E-state index is 4.59. The molecule has 0 amide bonds. The molecule has 4 heteroatoms. The SMILES string of the molecule is Cc1cc[c-]c(-c2nccc3c2ccc2ccccc23)c1.[Ir+3].[c-]1ccc(-c2ccccc2)cc1-c1ccccn1.[c-]1ccccc1-c1ccccn1. The Morgan fingerprint density at radius 3 is 1.81 bits per heavy atom. The van der Waals surface area contributed by atoms with Gasteiger partial charge < -0.3 is 15.0 Å². The molecule has 0 bridgehead atoms. The number of pyridine rings is 3. The van der Waals surface area contributed by atoms with Crippen LogP contribution in [0.1, 0.15) is 5.56 Å². The molecule has 0 aliphatic rings. The van der Waals surface area contributed by atoms with Crippen molar-refractivity contribution in [1.82, 2.24) is 15.0 Å². The molecule has 250 valence electrons. The van der Waals surface area contributed by atoms with Crippen LogP contribution in [-0.2, 0) is 20.1 Å². The first kappa shape index (κ1) is 35.8. The van der Waals surface area contributed by atoms with Gasteiger partial charge in [0.1, 0.15) is 0 Å². The zero-order valence-corrected chi connectivity index (χ0v) is 31.0. The van der Waals surface area contributed by atoms with Gasteiger partial charge in [0.2, 0.25) is 0 Å². The summed E-state index contributed by atoms with van der Waals surface area (Å²) in [5.74, 6) is 0. The minimum absolute atomic E-state index is 0. The van der Waals surface area contributed by atoms with Crippen LogP contribution >= 0.6 is 0 Å². The van der Waals surface area contributed by atoms with E-state index in [1.807, 2.05) is 97.2 Å². The maximum absolute atomic E-state index is 4.59. The average molecular weight is 845 g/mol. The van der Waals surface area contributed by atoms with Crippen molar-refractivity contribution in [2.45, 2.75) is 6.92 Å². The minimum atomic E-state index is 0. The quantitative estimate of drug-likeness (QED) is 0.131. The van der Waals surface area contributed by atoms with Crippen LogP contribution in [0.4, 0.5) is 0 Å². The standard InChI is InChI=1S/C20H14N.C17H12N.C11H8N.Ir/c1-14-5-4-7-16(13-14)20-19-10-9-15-6-2-3-8-17(15)18(19)11-12-21-20;1-2-7-14(8-3-1)15-9-6-10-16(13-15)17-11-4-5-12-18-17;1-2-6-10(7-3-1)11-8-4-5-9-12-11;/h2-6,8-13H,1H3;1-9,11-13H;1-6,8-9H;/q3*-1;+3. The van der Waals surface area contributed by atoms with Crippen LogP contribution in [0.15, 0.2) is 188 Å². The van der Waals surface area contributed by atoms with Gasteiger partial charge >= 0.3 is 20.1 Å². The van der Waals surface area contributed by atoms with Gasteiger partial charge in [-0.25, -0.2) is 0 Å². The Morgan fingerprint density at radius 2 is 1.08 bits per heavy atom. The van der Waals surface area contributed by atoms with Crippen molar-refractivity contribution in [2.24, 2.45) is 0 Å². The van der Waals surface area contributed by atoms with E-state index in [9.17, 15) is 0 Å². The number of hydrogen-bond acceptors (Lipinski definition) is 3. The zero-order valence-electron chi connectivity index (χ0n) is 28.6. The molecule has 0 unspecified atom stereocenters. The van der Waals surface area contributed by atoms with E-state index >= 15 is 0 Å². The first-order chi connectivity index (χ1) is 25.2. The molecule has 52 heavy (non-hydrogen) atoms. The molecule has 0 saturated heterocycles. The number of benzene rings is 6. The molecule has 0 fully saturated rings. The summed E-state index contributed by atoms with van der Waals surface area (Å²) in [5.41, 5.74) is 9.67. The molecular weight excluding hydrogens is 811 g/mol. The predicted octanol–water partition coefficient (Wildman–Crippen LogP) is 11.9. The van der Waals surface area contributed by atoms with Crippen molar-refractivity contribution in [3.8, 4) is 44.9 Å². The summed E-state index contributed by atoms with van der Waals surface area (Å²) < 4.78 is 0. The summed E-state index contributed by atoms with van der Waals surface area (Å²) >= 11 is 0. The Labute approximate surface area is 319 Å². The van der Waals surface area contributed by atoms with Crippen LogP contribution < -0.4 is 0 Å². The van der Waals surface area contributed by atoms with Crippen LogP contribution in [0.2, 0.25) is 0 Å². The second-order valence-corrected chi connectivity index (χ2v) is 11.9. The van der Waals surface area contributed by atoms with Crippen molar-refractivity contribution in [3.05, 3.63) is 212 Å². The van der Waals surface area contributed by atoms with Crippen LogP contribution in [0.3, 0.4) is 0 Å². The molecule has 6 aromatic carbocycles. The minimum Gasteiger partial charge on any atom is -0.305 e. The molecule has 0 aliphatic heterocycles. The van der Waals surface area contributed by atoms with Crippen LogP contribution in [0, 0.1) is 25.1 Å². The number of aryl methyl sites for hydroxylation is 1. The van der Waals surface area contributed by atoms with Gasteiger partial charge in [-0.2, -0.15) is 0 Å². The van der Waals surface area contributed by atoms with Gasteiger partial charge in [0.25, 0.3) is 0 Å². The first-order valence-corrected chi connectivity index (χ1v) is 16.8. The van der Waals surface area contributed by atoms with Crippen molar-refractivity contribution >= 4 is 21.5 Å². The van der Waals surface area contributed by atoms with E-state index in [4.69, 9.17) is 0 Å². The number of fused-ring (bicyclic) bond motifs is 3. The molecule has 3 aromatic heterocycles. The Morgan fingerprint density at radius 1 is 0.404 bits per heavy atom. The van der Waals surface area contributed by atoms with Crippen LogP contribution in [0.25, 0.3) is 66.4 Å². The fourth-order valence-electron chi connectivity index (χ4n) is 5.89. The Bertz CT molecular complexity index is 2380. The molecule has 0 atom stereocenters. The number of nitrogens with zero attached hydrogens (tertiary/aromatic N) is 3. The van der Waals surface area contributed by atoms with E-state index in [-0.39, 0.29) is 20.1 Å². The van der Waals surface area contributed by atoms with Gasteiger partial charge in [-0.1, -0.05) is 97.9 Å². The number of rotatable bonds is 4. The monoisotopic (exact) mass is 845 g/mol. The molecule has 9 aromatic rings. The van der Waals surface area contributed by atoms with E-state index < -0.39 is 0 Å². The van der Waals surface area contributed by atoms with Gasteiger partial charge in [-0.3, -0.25) is 0 Å². The Hall–Kier alpha value is -6.06. The fourth-order valence-corrected chi connectivity index (χ4v) is 5.89. The largest absolute Gasteiger partial charge is 3.00 e. The summed E-state index contributed by atoms with van der Waals surface area (Å²) in [6, 6.07) is 66.8. The van der Waals surface area contributed by atoms with Crippen molar-refractivity contribution < 1.29 is 20.1 Å². The number of aromatic nitrogens is 3. The molecule has 0 aliphatic carbocycles. The van der Waals surface area contributed by atoms with Gasteiger partial charge in [0.05, 0.1) is 0 Å². The Balaban J connectivity index is 0.000000137. The number of hydrogen-bond donors (Lipinski definition) is 0. The molecule has 3 nitrogen and oxygen atoms in total. The van der Waals surface area contributed by atoms with Gasteiger partial charge in [-0.15, -0.1) is 107 Å². The molecule has 0 N–H and O–H groups in total. The third-order valence-electron chi connectivity index (χ3n) is 8.38. The van der Waals surface area contributed by atoms with Crippen molar-refractivity contribution in [2.75, 3.05) is 0 Å². The van der Waals surface area contributed by atoms with Crippen LogP contribution in [0.5, 0.6) is 0 Å². The van der Waals surface area contributed by atoms with E-state index in [0.717, 1.165) is 33.8 Å². The molecule has 0 radical (unpaired) electrons. The molecule has 0 spiro atoms. The van der Waals surface area contributed by atoms with Crippen molar-refractivity contribution in [1.29, 1.82) is 0 Å². The summed E-state index contributed by atoms with van der Waals surface area (Å²) in [6.45, 7) is 2.10. The van der Waals surface area contributed by atoms with Gasteiger partial charge in [-0.05, 0) is 62.4 Å². The molecule has 9 rings (SSSR count). The molecule has 0 saturated carbocycles. The van der Waals surface area contributed by atoms with Gasteiger partial charge in [0, 0.05) is 18.6 Å². The van der Waals surface area contributed by atoms with E-state index in [2.05, 4.69) is 119 Å². The third kappa shape index (κ3) is 8.80. The average Bonchev–Trinajstić information content (AvgIpc) is 3.22.